The molecule has 2 N–H and O–H groups in total. The van der Waals surface area contributed by atoms with Crippen molar-refractivity contribution in [2.24, 2.45) is 0 Å². The lowest BCUT2D eigenvalue weighted by atomic mass is 10.2. The average molecular weight is 163 g/mol. The van der Waals surface area contributed by atoms with Crippen molar-refractivity contribution in [3.8, 4) is 0 Å². The van der Waals surface area contributed by atoms with Gasteiger partial charge in [0.25, 0.3) is 0 Å². The van der Waals surface area contributed by atoms with Gasteiger partial charge in [0, 0.05) is 6.54 Å². The van der Waals surface area contributed by atoms with Crippen molar-refractivity contribution in [3.05, 3.63) is 0 Å². The molecule has 3 nitrogen and oxygen atoms in total. The Hall–Kier alpha value is -0.190. The van der Waals surface area contributed by atoms with Gasteiger partial charge < -0.3 is 10.2 Å². The molecule has 0 amide bonds. The highest BCUT2D eigenvalue weighted by Gasteiger charge is 2.39. The van der Waals surface area contributed by atoms with Crippen LogP contribution in [-0.2, 0) is 0 Å². The summed E-state index contributed by atoms with van der Waals surface area (Å²) in [6.07, 6.45) is -2.22. The number of β-amino-alcohol motifs (C(OH)–C–C–N with tert-alkyl or cyclic N) is 1. The van der Waals surface area contributed by atoms with Crippen molar-refractivity contribution < 1.29 is 14.6 Å². The molecule has 1 aliphatic rings. The quantitative estimate of drug-likeness (QED) is 0.570. The number of rotatable bonds is 2. The Bertz CT molecular complexity index is 134. The third-order valence-corrected chi connectivity index (χ3v) is 2.22. The average Bonchev–Trinajstić information content (AvgIpc) is 2.28. The Morgan fingerprint density at radius 1 is 1.64 bits per heavy atom. The molecular formula is C7H14FNO2. The van der Waals surface area contributed by atoms with Gasteiger partial charge in [0.15, 0.2) is 0 Å². The van der Waals surface area contributed by atoms with Gasteiger partial charge in [0.05, 0.1) is 18.8 Å². The first-order valence-electron chi connectivity index (χ1n) is 3.87. The normalized spacial score (nSPS) is 39.8. The van der Waals surface area contributed by atoms with Crippen molar-refractivity contribution >= 4 is 0 Å². The molecule has 3 atom stereocenters. The summed E-state index contributed by atoms with van der Waals surface area (Å²) in [5.74, 6) is 0. The van der Waals surface area contributed by atoms with E-state index in [2.05, 4.69) is 0 Å². The molecule has 1 aliphatic heterocycles. The molecule has 11 heavy (non-hydrogen) atoms. The molecule has 0 aromatic heterocycles. The lowest BCUT2D eigenvalue weighted by molar-refractivity contribution is 0.0840. The zero-order valence-electron chi connectivity index (χ0n) is 6.57. The molecule has 0 aromatic rings. The Morgan fingerprint density at radius 2 is 2.27 bits per heavy atom. The van der Waals surface area contributed by atoms with E-state index in [0.717, 1.165) is 0 Å². The molecule has 0 spiro atoms. The van der Waals surface area contributed by atoms with Crippen LogP contribution < -0.4 is 0 Å². The molecule has 1 heterocycles. The Balaban J connectivity index is 2.57. The van der Waals surface area contributed by atoms with Crippen LogP contribution in [0.4, 0.5) is 4.39 Å². The third-order valence-electron chi connectivity index (χ3n) is 2.22. The third kappa shape index (κ3) is 1.52. The monoisotopic (exact) mass is 163 g/mol. The second-order valence-corrected chi connectivity index (χ2v) is 2.85. The van der Waals surface area contributed by atoms with Crippen LogP contribution in [0.1, 0.15) is 6.92 Å². The molecule has 1 fully saturated rings. The Morgan fingerprint density at radius 3 is 2.64 bits per heavy atom. The van der Waals surface area contributed by atoms with Gasteiger partial charge in [-0.1, -0.05) is 6.92 Å². The minimum atomic E-state index is -1.29. The largest absolute Gasteiger partial charge is 0.395 e. The zero-order chi connectivity index (χ0) is 8.43. The van der Waals surface area contributed by atoms with E-state index in [1.165, 1.54) is 0 Å². The maximum atomic E-state index is 13.0. The number of likely N-dealkylation sites (N-methyl/N-ethyl adjacent to an activating group) is 1. The van der Waals surface area contributed by atoms with Crippen molar-refractivity contribution in [1.29, 1.82) is 0 Å². The smallest absolute Gasteiger partial charge is 0.145 e. The van der Waals surface area contributed by atoms with Gasteiger partial charge in [-0.15, -0.1) is 0 Å². The predicted molar refractivity (Wildman–Crippen MR) is 39.0 cm³/mol. The lowest BCUT2D eigenvalue weighted by Gasteiger charge is -2.20. The molecule has 0 aliphatic carbocycles. The molecule has 0 saturated carbocycles. The van der Waals surface area contributed by atoms with Crippen LogP contribution in [0.15, 0.2) is 0 Å². The van der Waals surface area contributed by atoms with Gasteiger partial charge >= 0.3 is 0 Å². The Kier molecular flexibility index (Phi) is 2.81. The molecule has 66 valence electrons. The summed E-state index contributed by atoms with van der Waals surface area (Å²) in [6.45, 7) is 2.67. The summed E-state index contributed by atoms with van der Waals surface area (Å²) in [5, 5.41) is 17.8. The van der Waals surface area contributed by atoms with Gasteiger partial charge in [0.2, 0.25) is 0 Å². The first-order valence-corrected chi connectivity index (χ1v) is 3.87. The maximum absolute atomic E-state index is 13.0. The number of aliphatic hydroxyl groups is 2. The van der Waals surface area contributed by atoms with Gasteiger partial charge in [-0.25, -0.2) is 4.39 Å². The SMILES string of the molecule is CCN1C[C@H](O)[C@@H](F)[C@@H]1CO. The summed E-state index contributed by atoms with van der Waals surface area (Å²) in [6, 6.07) is -0.505. The highest BCUT2D eigenvalue weighted by atomic mass is 19.1. The molecule has 0 aromatic carbocycles. The van der Waals surface area contributed by atoms with E-state index in [9.17, 15) is 4.39 Å². The van der Waals surface area contributed by atoms with Gasteiger partial charge in [-0.05, 0) is 6.54 Å². The van der Waals surface area contributed by atoms with Gasteiger partial charge in [-0.2, -0.15) is 0 Å². The summed E-state index contributed by atoms with van der Waals surface area (Å²) >= 11 is 0. The number of aliphatic hydroxyl groups excluding tert-OH is 2. The molecular weight excluding hydrogens is 149 g/mol. The Labute approximate surface area is 65.4 Å². The summed E-state index contributed by atoms with van der Waals surface area (Å²) in [7, 11) is 0. The standard InChI is InChI=1S/C7H14FNO2/c1-2-9-3-6(11)7(8)5(9)4-10/h5-7,10-11H,2-4H2,1H3/t5-,6-,7-/m0/s1. The molecule has 4 heteroatoms. The fourth-order valence-electron chi connectivity index (χ4n) is 1.51. The van der Waals surface area contributed by atoms with Crippen LogP contribution in [0.5, 0.6) is 0 Å². The van der Waals surface area contributed by atoms with E-state index in [-0.39, 0.29) is 6.61 Å². The number of halogens is 1. The summed E-state index contributed by atoms with van der Waals surface area (Å²) < 4.78 is 13.0. The number of likely N-dealkylation sites (tertiary alicyclic amines) is 1. The van der Waals surface area contributed by atoms with E-state index >= 15 is 0 Å². The van der Waals surface area contributed by atoms with Crippen molar-refractivity contribution in [2.45, 2.75) is 25.2 Å². The summed E-state index contributed by atoms with van der Waals surface area (Å²) in [4.78, 5) is 1.75. The van der Waals surface area contributed by atoms with E-state index in [4.69, 9.17) is 10.2 Å². The second-order valence-electron chi connectivity index (χ2n) is 2.85. The maximum Gasteiger partial charge on any atom is 0.145 e. The molecule has 1 saturated heterocycles. The minimum absolute atomic E-state index is 0.216. The molecule has 1 rings (SSSR count). The molecule has 0 unspecified atom stereocenters. The fraction of sp³-hybridized carbons (Fsp3) is 1.00. The minimum Gasteiger partial charge on any atom is -0.395 e. The highest BCUT2D eigenvalue weighted by molar-refractivity contribution is 4.92. The lowest BCUT2D eigenvalue weighted by Crippen LogP contribution is -2.36. The second kappa shape index (κ2) is 3.47. The zero-order valence-corrected chi connectivity index (χ0v) is 6.57. The first kappa shape index (κ1) is 8.90. The fourth-order valence-corrected chi connectivity index (χ4v) is 1.51. The van der Waals surface area contributed by atoms with E-state index in [1.54, 1.807) is 4.90 Å². The number of alkyl halides is 1. The number of hydrogen-bond donors (Lipinski definition) is 2. The van der Waals surface area contributed by atoms with E-state index < -0.39 is 18.3 Å². The summed E-state index contributed by atoms with van der Waals surface area (Å²) in [5.41, 5.74) is 0. The first-order chi connectivity index (χ1) is 5.20. The predicted octanol–water partition coefficient (Wildman–Crippen LogP) is -0.618. The van der Waals surface area contributed by atoms with Crippen LogP contribution in [0, 0.1) is 0 Å². The number of nitrogens with zero attached hydrogens (tertiary/aromatic N) is 1. The van der Waals surface area contributed by atoms with E-state index in [1.807, 2.05) is 6.92 Å². The van der Waals surface area contributed by atoms with Crippen LogP contribution >= 0.6 is 0 Å². The van der Waals surface area contributed by atoms with Crippen LogP contribution in [0.25, 0.3) is 0 Å². The van der Waals surface area contributed by atoms with Crippen molar-refractivity contribution in [2.75, 3.05) is 19.7 Å². The van der Waals surface area contributed by atoms with Gasteiger partial charge in [0.1, 0.15) is 6.17 Å². The highest BCUT2D eigenvalue weighted by Crippen LogP contribution is 2.20. The van der Waals surface area contributed by atoms with E-state index in [0.29, 0.717) is 13.1 Å². The van der Waals surface area contributed by atoms with Crippen LogP contribution in [-0.4, -0.2) is 53.1 Å². The van der Waals surface area contributed by atoms with Gasteiger partial charge in [-0.3, -0.25) is 4.90 Å². The van der Waals surface area contributed by atoms with Crippen LogP contribution in [0.3, 0.4) is 0 Å². The van der Waals surface area contributed by atoms with Crippen molar-refractivity contribution in [1.82, 2.24) is 4.90 Å². The number of hydrogen-bond acceptors (Lipinski definition) is 3. The van der Waals surface area contributed by atoms with Crippen molar-refractivity contribution in [3.63, 3.8) is 0 Å². The molecule has 0 bridgehead atoms. The molecule has 0 radical (unpaired) electrons. The topological polar surface area (TPSA) is 43.7 Å². The van der Waals surface area contributed by atoms with Crippen LogP contribution in [0.2, 0.25) is 0 Å².